The zero-order valence-corrected chi connectivity index (χ0v) is 17.1. The van der Waals surface area contributed by atoms with E-state index in [4.69, 9.17) is 0 Å². The van der Waals surface area contributed by atoms with Gasteiger partial charge in [-0.05, 0) is 54.1 Å². The van der Waals surface area contributed by atoms with Gasteiger partial charge in [-0.1, -0.05) is 44.2 Å². The largest absolute Gasteiger partial charge is 0.326 e. The summed E-state index contributed by atoms with van der Waals surface area (Å²) < 4.78 is 0. The highest BCUT2D eigenvalue weighted by molar-refractivity contribution is 6.06. The number of para-hydroxylation sites is 1. The number of anilines is 1. The fourth-order valence-corrected chi connectivity index (χ4v) is 6.06. The first-order valence-electron chi connectivity index (χ1n) is 11.0. The molecule has 2 bridgehead atoms. The number of allylic oxidation sites excluding steroid dienone is 2. The van der Waals surface area contributed by atoms with E-state index in [1.165, 1.54) is 4.90 Å². The van der Waals surface area contributed by atoms with Crippen molar-refractivity contribution in [3.8, 4) is 0 Å². The van der Waals surface area contributed by atoms with E-state index in [1.54, 1.807) is 0 Å². The lowest BCUT2D eigenvalue weighted by molar-refractivity contribution is -0.140. The summed E-state index contributed by atoms with van der Waals surface area (Å²) in [5.41, 5.74) is 3.11. The van der Waals surface area contributed by atoms with Crippen LogP contribution in [0, 0.1) is 35.5 Å². The monoisotopic (exact) mass is 392 g/mol. The number of likely N-dealkylation sites (tertiary alicyclic amines) is 1. The average molecular weight is 392 g/mol. The molecule has 1 saturated heterocycles. The van der Waals surface area contributed by atoms with Gasteiger partial charge in [0.05, 0.1) is 11.8 Å². The molecule has 0 unspecified atom stereocenters. The van der Waals surface area contributed by atoms with E-state index in [0.29, 0.717) is 11.8 Å². The molecule has 0 spiro atoms. The van der Waals surface area contributed by atoms with Gasteiger partial charge in [0.25, 0.3) is 0 Å². The van der Waals surface area contributed by atoms with E-state index >= 15 is 0 Å². The minimum atomic E-state index is -0.183. The number of amides is 3. The van der Waals surface area contributed by atoms with E-state index in [1.807, 2.05) is 18.2 Å². The van der Waals surface area contributed by atoms with Crippen molar-refractivity contribution in [2.45, 2.75) is 39.5 Å². The lowest BCUT2D eigenvalue weighted by atomic mass is 9.63. The highest BCUT2D eigenvalue weighted by Gasteiger charge is 2.66. The van der Waals surface area contributed by atoms with Gasteiger partial charge in [0, 0.05) is 18.7 Å². The van der Waals surface area contributed by atoms with Gasteiger partial charge in [-0.15, -0.1) is 0 Å². The second-order valence-corrected chi connectivity index (χ2v) is 8.94. The summed E-state index contributed by atoms with van der Waals surface area (Å²) in [5.74, 6) is 1.05. The summed E-state index contributed by atoms with van der Waals surface area (Å²) in [6, 6.07) is 6.08. The maximum absolute atomic E-state index is 13.0. The van der Waals surface area contributed by atoms with E-state index in [0.717, 1.165) is 36.1 Å². The van der Waals surface area contributed by atoms with Crippen molar-refractivity contribution in [3.63, 3.8) is 0 Å². The van der Waals surface area contributed by atoms with Crippen LogP contribution in [0.2, 0.25) is 0 Å². The van der Waals surface area contributed by atoms with Crippen molar-refractivity contribution in [1.82, 2.24) is 4.90 Å². The molecule has 5 nitrogen and oxygen atoms in total. The van der Waals surface area contributed by atoms with Crippen LogP contribution in [0.4, 0.5) is 5.69 Å². The Morgan fingerprint density at radius 2 is 1.55 bits per heavy atom. The molecule has 1 aromatic rings. The normalized spacial score (nSPS) is 33.7. The lowest BCUT2D eigenvalue weighted by Gasteiger charge is -2.37. The summed E-state index contributed by atoms with van der Waals surface area (Å²) in [5, 5.41) is 3.04. The first-order chi connectivity index (χ1) is 14.0. The van der Waals surface area contributed by atoms with Crippen molar-refractivity contribution in [2.24, 2.45) is 35.5 Å². The molecule has 1 heterocycles. The Morgan fingerprint density at radius 1 is 1.00 bits per heavy atom. The third-order valence-electron chi connectivity index (χ3n) is 7.58. The van der Waals surface area contributed by atoms with Crippen LogP contribution in [0.5, 0.6) is 0 Å². The second kappa shape index (κ2) is 6.82. The van der Waals surface area contributed by atoms with E-state index in [2.05, 4.69) is 31.3 Å². The van der Waals surface area contributed by atoms with Crippen molar-refractivity contribution >= 4 is 23.4 Å². The second-order valence-electron chi connectivity index (χ2n) is 8.94. The maximum Gasteiger partial charge on any atom is 0.233 e. The number of carbonyl (C=O) groups is 3. The molecule has 5 aliphatic rings. The highest BCUT2D eigenvalue weighted by Crippen LogP contribution is 2.65. The van der Waals surface area contributed by atoms with Crippen molar-refractivity contribution < 1.29 is 14.4 Å². The van der Waals surface area contributed by atoms with Gasteiger partial charge < -0.3 is 5.32 Å². The van der Waals surface area contributed by atoms with Crippen molar-refractivity contribution in [2.75, 3.05) is 11.9 Å². The van der Waals surface area contributed by atoms with E-state index in [-0.39, 0.29) is 54.4 Å². The molecule has 0 radical (unpaired) electrons. The number of hydrogen-bond acceptors (Lipinski definition) is 3. The zero-order valence-electron chi connectivity index (χ0n) is 17.1. The van der Waals surface area contributed by atoms with E-state index < -0.39 is 0 Å². The standard InChI is InChI=1S/C24H28N2O3/c1-3-13-6-5-7-14(4-2)22(13)25-19(27)10-11-26-23(28)20-15-8-9-16(18-12-17(15)18)21(20)24(26)29/h5-9,15-18,20-21H,3-4,10-12H2,1-2H3,(H,25,27)/t15-,16+,17-,18-,20+,21+/m1/s1. The predicted molar refractivity (Wildman–Crippen MR) is 110 cm³/mol. The van der Waals surface area contributed by atoms with Crippen LogP contribution in [0.25, 0.3) is 0 Å². The number of nitrogens with one attached hydrogen (secondary N) is 1. The average Bonchev–Trinajstić information content (AvgIpc) is 3.51. The van der Waals surface area contributed by atoms with Gasteiger partial charge in [0.1, 0.15) is 0 Å². The molecule has 3 amide bonds. The Hall–Kier alpha value is -2.43. The number of benzene rings is 1. The molecule has 6 atom stereocenters. The summed E-state index contributed by atoms with van der Waals surface area (Å²) in [7, 11) is 0. The number of aryl methyl sites for hydroxylation is 2. The smallest absolute Gasteiger partial charge is 0.233 e. The Morgan fingerprint density at radius 3 is 2.07 bits per heavy atom. The number of carbonyl (C=O) groups excluding carboxylic acids is 3. The fraction of sp³-hybridized carbons (Fsp3) is 0.542. The number of imide groups is 1. The van der Waals surface area contributed by atoms with Gasteiger partial charge in [0.2, 0.25) is 17.7 Å². The number of rotatable bonds is 6. The van der Waals surface area contributed by atoms with Crippen molar-refractivity contribution in [3.05, 3.63) is 41.5 Å². The Bertz CT molecular complexity index is 862. The van der Waals surface area contributed by atoms with Gasteiger partial charge in [-0.3, -0.25) is 19.3 Å². The molecule has 3 fully saturated rings. The number of hydrogen-bond donors (Lipinski definition) is 1. The molecule has 2 saturated carbocycles. The number of nitrogens with zero attached hydrogens (tertiary/aromatic N) is 1. The van der Waals surface area contributed by atoms with Crippen LogP contribution in [-0.4, -0.2) is 29.2 Å². The molecule has 152 valence electrons. The van der Waals surface area contributed by atoms with Crippen LogP contribution in [0.1, 0.15) is 37.8 Å². The highest BCUT2D eigenvalue weighted by atomic mass is 16.2. The predicted octanol–water partition coefficient (Wildman–Crippen LogP) is 3.19. The molecule has 4 aliphatic carbocycles. The van der Waals surface area contributed by atoms with Crippen LogP contribution in [0.15, 0.2) is 30.4 Å². The third-order valence-corrected chi connectivity index (χ3v) is 7.58. The molecule has 5 heteroatoms. The van der Waals surface area contributed by atoms with Gasteiger partial charge >= 0.3 is 0 Å². The molecular formula is C24H28N2O3. The zero-order chi connectivity index (χ0) is 20.3. The van der Waals surface area contributed by atoms with Crippen LogP contribution in [0.3, 0.4) is 0 Å². The summed E-state index contributed by atoms with van der Waals surface area (Å²) in [4.78, 5) is 40.1. The lowest BCUT2D eigenvalue weighted by Crippen LogP contribution is -2.40. The molecule has 1 aliphatic heterocycles. The van der Waals surface area contributed by atoms with Crippen LogP contribution in [-0.2, 0) is 27.2 Å². The van der Waals surface area contributed by atoms with Gasteiger partial charge in [-0.2, -0.15) is 0 Å². The minimum Gasteiger partial charge on any atom is -0.326 e. The van der Waals surface area contributed by atoms with E-state index in [9.17, 15) is 14.4 Å². The Balaban J connectivity index is 1.26. The van der Waals surface area contributed by atoms with Gasteiger partial charge in [0.15, 0.2) is 0 Å². The fourth-order valence-electron chi connectivity index (χ4n) is 6.06. The Labute approximate surface area is 171 Å². The van der Waals surface area contributed by atoms with Crippen LogP contribution < -0.4 is 5.32 Å². The molecule has 6 rings (SSSR count). The first-order valence-corrected chi connectivity index (χ1v) is 11.0. The van der Waals surface area contributed by atoms with Crippen molar-refractivity contribution in [1.29, 1.82) is 0 Å². The Kier molecular flexibility index (Phi) is 4.37. The molecule has 29 heavy (non-hydrogen) atoms. The maximum atomic E-state index is 13.0. The quantitative estimate of drug-likeness (QED) is 0.597. The summed E-state index contributed by atoms with van der Waals surface area (Å²) in [6.45, 7) is 4.32. The molecule has 1 N–H and O–H groups in total. The minimum absolute atomic E-state index is 0.0549. The third kappa shape index (κ3) is 2.77. The molecule has 1 aromatic carbocycles. The molecule has 0 aromatic heterocycles. The van der Waals surface area contributed by atoms with Gasteiger partial charge in [-0.25, -0.2) is 0 Å². The molecular weight excluding hydrogens is 364 g/mol. The van der Waals surface area contributed by atoms with Crippen LogP contribution >= 0.6 is 0 Å². The summed E-state index contributed by atoms with van der Waals surface area (Å²) in [6.07, 6.45) is 7.34. The first kappa shape index (κ1) is 18.6. The summed E-state index contributed by atoms with van der Waals surface area (Å²) >= 11 is 0. The topological polar surface area (TPSA) is 66.5 Å². The SMILES string of the molecule is CCc1cccc(CC)c1NC(=O)CCN1C(=O)[C@H]2[C@@H]3C=C[C@@H]([C@H]4C[C@H]34)[C@@H]2C1=O.